The molecule has 0 aliphatic carbocycles. The molecular formula is C22H19ClN4O3. The van der Waals surface area contributed by atoms with E-state index in [1.807, 2.05) is 0 Å². The minimum atomic E-state index is -0.385. The fraction of sp³-hybridized carbons (Fsp3) is 0.0909. The largest absolute Gasteiger partial charge is 0.484 e. The van der Waals surface area contributed by atoms with E-state index in [0.717, 1.165) is 5.56 Å². The predicted octanol–water partition coefficient (Wildman–Crippen LogP) is 3.91. The van der Waals surface area contributed by atoms with E-state index in [2.05, 4.69) is 20.8 Å². The van der Waals surface area contributed by atoms with E-state index in [4.69, 9.17) is 16.3 Å². The number of aromatic nitrogens is 1. The van der Waals surface area contributed by atoms with Crippen molar-refractivity contribution in [3.05, 3.63) is 89.2 Å². The summed E-state index contributed by atoms with van der Waals surface area (Å²) in [5.74, 6) is -0.0852. The number of hydrogen-bond acceptors (Lipinski definition) is 5. The van der Waals surface area contributed by atoms with Gasteiger partial charge in [0.05, 0.1) is 11.3 Å². The standard InChI is InChI=1S/C22H19ClN4O3/c1-15(26-27-21(28)14-30-20-10-6-18(23)7-11-20)16-4-8-19(9-5-16)25-22(29)17-3-2-12-24-13-17/h2-13H,14H2,1H3,(H,25,29)(H,27,28)/b26-15+. The Bertz CT molecular complexity index is 1040. The van der Waals surface area contributed by atoms with Crippen LogP contribution in [0.5, 0.6) is 5.75 Å². The summed E-state index contributed by atoms with van der Waals surface area (Å²) in [5.41, 5.74) is 4.98. The molecule has 2 aromatic carbocycles. The molecule has 0 aliphatic heterocycles. The summed E-state index contributed by atoms with van der Waals surface area (Å²) in [5, 5.41) is 7.47. The van der Waals surface area contributed by atoms with E-state index in [-0.39, 0.29) is 18.4 Å². The number of nitrogens with zero attached hydrogens (tertiary/aromatic N) is 2. The summed E-state index contributed by atoms with van der Waals surface area (Å²) in [4.78, 5) is 28.0. The van der Waals surface area contributed by atoms with Gasteiger partial charge < -0.3 is 10.1 Å². The highest BCUT2D eigenvalue weighted by atomic mass is 35.5. The Kier molecular flexibility index (Phi) is 7.13. The van der Waals surface area contributed by atoms with Gasteiger partial charge in [0.25, 0.3) is 11.8 Å². The molecule has 0 aliphatic rings. The zero-order chi connectivity index (χ0) is 21.3. The Balaban J connectivity index is 1.51. The molecule has 2 amide bonds. The lowest BCUT2D eigenvalue weighted by Gasteiger charge is -2.07. The van der Waals surface area contributed by atoms with Crippen LogP contribution in [0.4, 0.5) is 5.69 Å². The molecular weight excluding hydrogens is 404 g/mol. The highest BCUT2D eigenvalue weighted by molar-refractivity contribution is 6.30. The number of anilines is 1. The lowest BCUT2D eigenvalue weighted by molar-refractivity contribution is -0.123. The van der Waals surface area contributed by atoms with Gasteiger partial charge >= 0.3 is 0 Å². The van der Waals surface area contributed by atoms with Gasteiger partial charge in [-0.3, -0.25) is 14.6 Å². The summed E-state index contributed by atoms with van der Waals surface area (Å²) in [6.45, 7) is 1.60. The van der Waals surface area contributed by atoms with Crippen molar-refractivity contribution in [2.75, 3.05) is 11.9 Å². The van der Waals surface area contributed by atoms with Crippen molar-refractivity contribution in [3.8, 4) is 5.75 Å². The molecule has 0 bridgehead atoms. The number of nitrogens with one attached hydrogen (secondary N) is 2. The molecule has 0 spiro atoms. The number of pyridine rings is 1. The Morgan fingerprint density at radius 2 is 1.77 bits per heavy atom. The number of hydrazone groups is 1. The molecule has 0 saturated carbocycles. The third-order valence-corrected chi connectivity index (χ3v) is 4.27. The summed E-state index contributed by atoms with van der Waals surface area (Å²) in [6, 6.07) is 17.2. The molecule has 152 valence electrons. The summed E-state index contributed by atoms with van der Waals surface area (Å²) < 4.78 is 5.37. The molecule has 0 radical (unpaired) electrons. The number of hydrogen-bond donors (Lipinski definition) is 2. The monoisotopic (exact) mass is 422 g/mol. The fourth-order valence-corrected chi connectivity index (χ4v) is 2.54. The average molecular weight is 423 g/mol. The van der Waals surface area contributed by atoms with Crippen LogP contribution in [0.2, 0.25) is 5.02 Å². The first-order valence-corrected chi connectivity index (χ1v) is 9.42. The molecule has 1 heterocycles. The molecule has 0 fully saturated rings. The quantitative estimate of drug-likeness (QED) is 0.446. The van der Waals surface area contributed by atoms with Gasteiger partial charge in [0, 0.05) is 23.1 Å². The van der Waals surface area contributed by atoms with Gasteiger partial charge in [-0.2, -0.15) is 5.10 Å². The van der Waals surface area contributed by atoms with Crippen LogP contribution in [0.1, 0.15) is 22.8 Å². The number of amides is 2. The smallest absolute Gasteiger partial charge is 0.277 e. The summed E-state index contributed by atoms with van der Waals surface area (Å²) in [6.07, 6.45) is 3.11. The molecule has 8 heteroatoms. The van der Waals surface area contributed by atoms with E-state index >= 15 is 0 Å². The van der Waals surface area contributed by atoms with Gasteiger partial charge in [-0.25, -0.2) is 5.43 Å². The number of ether oxygens (including phenoxy) is 1. The Labute approximate surface area is 178 Å². The number of rotatable bonds is 7. The van der Waals surface area contributed by atoms with Gasteiger partial charge in [0.1, 0.15) is 5.75 Å². The lowest BCUT2D eigenvalue weighted by Crippen LogP contribution is -2.25. The Morgan fingerprint density at radius 1 is 1.03 bits per heavy atom. The summed E-state index contributed by atoms with van der Waals surface area (Å²) in [7, 11) is 0. The average Bonchev–Trinajstić information content (AvgIpc) is 2.78. The van der Waals surface area contributed by atoms with Gasteiger partial charge in [0.2, 0.25) is 0 Å². The molecule has 0 atom stereocenters. The molecule has 7 nitrogen and oxygen atoms in total. The number of carbonyl (C=O) groups excluding carboxylic acids is 2. The minimum Gasteiger partial charge on any atom is -0.484 e. The van der Waals surface area contributed by atoms with E-state index in [9.17, 15) is 9.59 Å². The first kappa shape index (κ1) is 21.0. The normalized spacial score (nSPS) is 10.9. The topological polar surface area (TPSA) is 92.7 Å². The maximum atomic E-state index is 12.2. The second kappa shape index (κ2) is 10.2. The SMILES string of the molecule is C/C(=N\NC(=O)COc1ccc(Cl)cc1)c1ccc(NC(=O)c2cccnc2)cc1. The van der Waals surface area contributed by atoms with Crippen molar-refractivity contribution in [2.45, 2.75) is 6.92 Å². The molecule has 3 rings (SSSR count). The third kappa shape index (κ3) is 6.15. The van der Waals surface area contributed by atoms with E-state index in [0.29, 0.717) is 27.7 Å². The van der Waals surface area contributed by atoms with Crippen LogP contribution in [0, 0.1) is 0 Å². The molecule has 3 aromatic rings. The predicted molar refractivity (Wildman–Crippen MR) is 116 cm³/mol. The van der Waals surface area contributed by atoms with Gasteiger partial charge in [-0.05, 0) is 61.0 Å². The number of benzene rings is 2. The highest BCUT2D eigenvalue weighted by Gasteiger charge is 2.07. The zero-order valence-corrected chi connectivity index (χ0v) is 16.9. The molecule has 0 saturated heterocycles. The number of halogens is 1. The van der Waals surface area contributed by atoms with Crippen LogP contribution in [-0.2, 0) is 4.79 Å². The molecule has 2 N–H and O–H groups in total. The van der Waals surface area contributed by atoms with E-state index in [1.54, 1.807) is 73.8 Å². The maximum Gasteiger partial charge on any atom is 0.277 e. The molecule has 1 aromatic heterocycles. The fourth-order valence-electron chi connectivity index (χ4n) is 2.42. The van der Waals surface area contributed by atoms with Crippen molar-refractivity contribution in [1.29, 1.82) is 0 Å². The number of carbonyl (C=O) groups is 2. The molecule has 30 heavy (non-hydrogen) atoms. The van der Waals surface area contributed by atoms with Crippen molar-refractivity contribution >= 4 is 34.8 Å². The van der Waals surface area contributed by atoms with Crippen LogP contribution < -0.4 is 15.5 Å². The summed E-state index contributed by atoms with van der Waals surface area (Å²) >= 11 is 5.80. The van der Waals surface area contributed by atoms with Crippen molar-refractivity contribution in [1.82, 2.24) is 10.4 Å². The van der Waals surface area contributed by atoms with E-state index in [1.165, 1.54) is 6.20 Å². The maximum absolute atomic E-state index is 12.2. The van der Waals surface area contributed by atoms with Crippen LogP contribution in [0.25, 0.3) is 0 Å². The van der Waals surface area contributed by atoms with Crippen molar-refractivity contribution < 1.29 is 14.3 Å². The van der Waals surface area contributed by atoms with Crippen LogP contribution in [-0.4, -0.2) is 29.1 Å². The minimum absolute atomic E-state index is 0.169. The van der Waals surface area contributed by atoms with Gasteiger partial charge in [0.15, 0.2) is 6.61 Å². The third-order valence-electron chi connectivity index (χ3n) is 4.02. The second-order valence-corrected chi connectivity index (χ2v) is 6.68. The van der Waals surface area contributed by atoms with Gasteiger partial charge in [-0.1, -0.05) is 23.7 Å². The second-order valence-electron chi connectivity index (χ2n) is 6.25. The lowest BCUT2D eigenvalue weighted by atomic mass is 10.1. The van der Waals surface area contributed by atoms with Crippen molar-refractivity contribution in [3.63, 3.8) is 0 Å². The Morgan fingerprint density at radius 3 is 2.43 bits per heavy atom. The Hall–Kier alpha value is -3.71. The van der Waals surface area contributed by atoms with Gasteiger partial charge in [-0.15, -0.1) is 0 Å². The van der Waals surface area contributed by atoms with E-state index < -0.39 is 0 Å². The van der Waals surface area contributed by atoms with Crippen molar-refractivity contribution in [2.24, 2.45) is 5.10 Å². The first-order valence-electron chi connectivity index (χ1n) is 9.04. The highest BCUT2D eigenvalue weighted by Crippen LogP contribution is 2.15. The van der Waals surface area contributed by atoms with Crippen LogP contribution in [0.15, 0.2) is 78.2 Å². The molecule has 0 unspecified atom stereocenters. The zero-order valence-electron chi connectivity index (χ0n) is 16.1. The first-order chi connectivity index (χ1) is 14.5. The van der Waals surface area contributed by atoms with Crippen LogP contribution in [0.3, 0.4) is 0 Å². The van der Waals surface area contributed by atoms with Crippen LogP contribution >= 0.6 is 11.6 Å².